The van der Waals surface area contributed by atoms with Crippen molar-refractivity contribution in [3.63, 3.8) is 0 Å². The summed E-state index contributed by atoms with van der Waals surface area (Å²) in [7, 11) is 5.40. The third kappa shape index (κ3) is 4.03. The smallest absolute Gasteiger partial charge is 0.295 e. The van der Waals surface area contributed by atoms with Gasteiger partial charge in [-0.1, -0.05) is 30.3 Å². The zero-order valence-corrected chi connectivity index (χ0v) is 17.2. The molecule has 0 saturated carbocycles. The van der Waals surface area contributed by atoms with E-state index >= 15 is 0 Å². The van der Waals surface area contributed by atoms with Crippen LogP contribution in [-0.4, -0.2) is 60.9 Å². The minimum absolute atomic E-state index is 0.115. The summed E-state index contributed by atoms with van der Waals surface area (Å²) < 4.78 is 5.27. The number of aryl methyl sites for hydroxylation is 1. The van der Waals surface area contributed by atoms with Crippen molar-refractivity contribution in [3.8, 4) is 5.75 Å². The maximum atomic E-state index is 12.9. The number of carbonyl (C=O) groups is 2. The normalized spacial score (nSPS) is 18.5. The van der Waals surface area contributed by atoms with Gasteiger partial charge in [0.1, 0.15) is 11.5 Å². The lowest BCUT2D eigenvalue weighted by molar-refractivity contribution is -0.140. The fourth-order valence-corrected chi connectivity index (χ4v) is 3.58. The van der Waals surface area contributed by atoms with Gasteiger partial charge in [0, 0.05) is 18.7 Å². The minimum atomic E-state index is -0.663. The second kappa shape index (κ2) is 8.49. The lowest BCUT2D eigenvalue weighted by atomic mass is 9.95. The van der Waals surface area contributed by atoms with Crippen LogP contribution in [0.5, 0.6) is 5.75 Å². The Morgan fingerprint density at radius 3 is 2.41 bits per heavy atom. The highest BCUT2D eigenvalue weighted by Crippen LogP contribution is 2.39. The molecule has 2 aromatic rings. The van der Waals surface area contributed by atoms with Gasteiger partial charge in [-0.05, 0) is 50.3 Å². The number of amides is 1. The summed E-state index contributed by atoms with van der Waals surface area (Å²) in [5.41, 5.74) is 2.21. The number of hydrogen-bond donors (Lipinski definition) is 1. The van der Waals surface area contributed by atoms with Crippen molar-refractivity contribution in [2.75, 3.05) is 34.3 Å². The minimum Gasteiger partial charge on any atom is -0.507 e. The van der Waals surface area contributed by atoms with Gasteiger partial charge in [-0.15, -0.1) is 0 Å². The van der Waals surface area contributed by atoms with E-state index in [1.54, 1.807) is 30.2 Å². The van der Waals surface area contributed by atoms with Crippen LogP contribution in [-0.2, 0) is 9.59 Å². The first-order chi connectivity index (χ1) is 13.8. The Hall–Kier alpha value is -3.12. The average Bonchev–Trinajstić information content (AvgIpc) is 2.97. The molecule has 29 heavy (non-hydrogen) atoms. The molecule has 0 aliphatic carbocycles. The number of ether oxygens (including phenoxy) is 1. The zero-order chi connectivity index (χ0) is 21.1. The molecule has 6 heteroatoms. The second-order valence-corrected chi connectivity index (χ2v) is 7.39. The molecule has 152 valence electrons. The molecule has 1 N–H and O–H groups in total. The Bertz CT molecular complexity index is 951. The van der Waals surface area contributed by atoms with Crippen LogP contribution in [0.1, 0.15) is 22.7 Å². The standard InChI is InChI=1S/C23H26N2O4/c1-15-14-17(10-11-18(15)29-4)21(26)19-20(16-8-6-5-7-9-16)25(13-12-24(2)3)23(28)22(19)27/h5-11,14,20,26H,12-13H2,1-4H3/t20-/m1/s1. The average molecular weight is 394 g/mol. The summed E-state index contributed by atoms with van der Waals surface area (Å²) in [6.45, 7) is 2.85. The molecule has 0 spiro atoms. The van der Waals surface area contributed by atoms with Crippen molar-refractivity contribution < 1.29 is 19.4 Å². The Kier molecular flexibility index (Phi) is 6.03. The monoisotopic (exact) mass is 394 g/mol. The number of benzene rings is 2. The second-order valence-electron chi connectivity index (χ2n) is 7.39. The molecule has 0 unspecified atom stereocenters. The van der Waals surface area contributed by atoms with Crippen LogP contribution < -0.4 is 4.74 Å². The lowest BCUT2D eigenvalue weighted by Crippen LogP contribution is -2.35. The number of carbonyl (C=O) groups excluding carboxylic acids is 2. The quantitative estimate of drug-likeness (QED) is 0.463. The van der Waals surface area contributed by atoms with E-state index in [9.17, 15) is 14.7 Å². The summed E-state index contributed by atoms with van der Waals surface area (Å²) in [6.07, 6.45) is 0. The molecule has 0 bridgehead atoms. The molecule has 6 nitrogen and oxygen atoms in total. The zero-order valence-electron chi connectivity index (χ0n) is 17.2. The molecule has 1 saturated heterocycles. The summed E-state index contributed by atoms with van der Waals surface area (Å²) in [5.74, 6) is -0.737. The number of likely N-dealkylation sites (N-methyl/N-ethyl adjacent to an activating group) is 1. The number of methoxy groups -OCH3 is 1. The van der Waals surface area contributed by atoms with Gasteiger partial charge in [-0.3, -0.25) is 9.59 Å². The van der Waals surface area contributed by atoms with Crippen LogP contribution in [0.3, 0.4) is 0 Å². The summed E-state index contributed by atoms with van der Waals surface area (Å²) >= 11 is 0. The van der Waals surface area contributed by atoms with Gasteiger partial charge in [-0.2, -0.15) is 0 Å². The van der Waals surface area contributed by atoms with Crippen LogP contribution in [0.2, 0.25) is 0 Å². The van der Waals surface area contributed by atoms with E-state index in [1.165, 1.54) is 0 Å². The van der Waals surface area contributed by atoms with E-state index in [0.717, 1.165) is 11.1 Å². The van der Waals surface area contributed by atoms with Crippen molar-refractivity contribution >= 4 is 17.4 Å². The number of likely N-dealkylation sites (tertiary alicyclic amines) is 1. The van der Waals surface area contributed by atoms with Crippen LogP contribution >= 0.6 is 0 Å². The van der Waals surface area contributed by atoms with Crippen molar-refractivity contribution in [1.82, 2.24) is 9.80 Å². The van der Waals surface area contributed by atoms with E-state index in [1.807, 2.05) is 56.3 Å². The molecule has 0 aromatic heterocycles. The molecule has 1 aliphatic heterocycles. The Morgan fingerprint density at radius 2 is 1.83 bits per heavy atom. The fraction of sp³-hybridized carbons (Fsp3) is 0.304. The van der Waals surface area contributed by atoms with Crippen molar-refractivity contribution in [1.29, 1.82) is 0 Å². The van der Waals surface area contributed by atoms with Gasteiger partial charge in [0.15, 0.2) is 0 Å². The molecule has 2 aromatic carbocycles. The van der Waals surface area contributed by atoms with Crippen molar-refractivity contribution in [2.24, 2.45) is 0 Å². The van der Waals surface area contributed by atoms with Crippen LogP contribution in [0.4, 0.5) is 0 Å². The number of ketones is 1. The molecule has 1 atom stereocenters. The van der Waals surface area contributed by atoms with E-state index in [2.05, 4.69) is 0 Å². The highest BCUT2D eigenvalue weighted by molar-refractivity contribution is 6.46. The Labute approximate surface area is 171 Å². The third-order valence-corrected chi connectivity index (χ3v) is 5.11. The van der Waals surface area contributed by atoms with Crippen molar-refractivity contribution in [3.05, 3.63) is 70.8 Å². The van der Waals surface area contributed by atoms with Crippen LogP contribution in [0, 0.1) is 6.92 Å². The number of aliphatic hydroxyl groups excluding tert-OH is 1. The number of rotatable bonds is 6. The maximum Gasteiger partial charge on any atom is 0.295 e. The SMILES string of the molecule is COc1ccc(C(O)=C2C(=O)C(=O)N(CCN(C)C)[C@@H]2c2ccccc2)cc1C. The topological polar surface area (TPSA) is 70.1 Å². The summed E-state index contributed by atoms with van der Waals surface area (Å²) in [6, 6.07) is 13.9. The highest BCUT2D eigenvalue weighted by Gasteiger charge is 2.45. The third-order valence-electron chi connectivity index (χ3n) is 5.11. The van der Waals surface area contributed by atoms with E-state index in [0.29, 0.717) is 24.4 Å². The van der Waals surface area contributed by atoms with Gasteiger partial charge in [-0.25, -0.2) is 0 Å². The first-order valence-corrected chi connectivity index (χ1v) is 9.48. The number of aliphatic hydroxyl groups is 1. The van der Waals surface area contributed by atoms with Crippen LogP contribution in [0.25, 0.3) is 5.76 Å². The van der Waals surface area contributed by atoms with Crippen LogP contribution in [0.15, 0.2) is 54.1 Å². The number of hydrogen-bond acceptors (Lipinski definition) is 5. The first-order valence-electron chi connectivity index (χ1n) is 9.48. The molecule has 3 rings (SSSR count). The summed E-state index contributed by atoms with van der Waals surface area (Å²) in [5, 5.41) is 11.1. The molecule has 0 radical (unpaired) electrons. The molecule has 1 heterocycles. The first kappa shape index (κ1) is 20.6. The molecule has 1 fully saturated rings. The Morgan fingerprint density at radius 1 is 1.14 bits per heavy atom. The maximum absolute atomic E-state index is 12.9. The molecule has 1 aliphatic rings. The molecular formula is C23H26N2O4. The fourth-order valence-electron chi connectivity index (χ4n) is 3.58. The largest absolute Gasteiger partial charge is 0.507 e. The van der Waals surface area contributed by atoms with Gasteiger partial charge in [0.25, 0.3) is 11.7 Å². The lowest BCUT2D eigenvalue weighted by Gasteiger charge is -2.26. The predicted molar refractivity (Wildman–Crippen MR) is 112 cm³/mol. The highest BCUT2D eigenvalue weighted by atomic mass is 16.5. The van der Waals surface area contributed by atoms with Crippen molar-refractivity contribution in [2.45, 2.75) is 13.0 Å². The van der Waals surface area contributed by atoms with E-state index in [-0.39, 0.29) is 11.3 Å². The summed E-state index contributed by atoms with van der Waals surface area (Å²) in [4.78, 5) is 29.2. The van der Waals surface area contributed by atoms with Gasteiger partial charge in [0.2, 0.25) is 0 Å². The van der Waals surface area contributed by atoms with Gasteiger partial charge >= 0.3 is 0 Å². The van der Waals surface area contributed by atoms with E-state index in [4.69, 9.17) is 4.74 Å². The predicted octanol–water partition coefficient (Wildman–Crippen LogP) is 2.99. The molecule has 1 amide bonds. The Balaban J connectivity index is 2.13. The number of nitrogens with zero attached hydrogens (tertiary/aromatic N) is 2. The van der Waals surface area contributed by atoms with Gasteiger partial charge in [0.05, 0.1) is 18.7 Å². The van der Waals surface area contributed by atoms with Gasteiger partial charge < -0.3 is 19.6 Å². The number of Topliss-reactive ketones (excluding diaryl/α,β-unsaturated/α-hetero) is 1. The molecular weight excluding hydrogens is 368 g/mol. The van der Waals surface area contributed by atoms with E-state index < -0.39 is 17.7 Å².